The molecule has 2 aromatic rings. The van der Waals surface area contributed by atoms with E-state index in [9.17, 15) is 0 Å². The molecular weight excluding hydrogens is 332 g/mol. The largest absolute Gasteiger partial charge is 0.372 e. The fourth-order valence-electron chi connectivity index (χ4n) is 2.71. The van der Waals surface area contributed by atoms with Crippen molar-refractivity contribution in [2.45, 2.75) is 12.8 Å². The average molecular weight is 357 g/mol. The fourth-order valence-corrected chi connectivity index (χ4v) is 2.71. The summed E-state index contributed by atoms with van der Waals surface area (Å²) in [6, 6.07) is 20.8. The molecular formula is C20H25ClN4. The number of amidine groups is 2. The molecule has 2 N–H and O–H groups in total. The van der Waals surface area contributed by atoms with Crippen LogP contribution in [0.3, 0.4) is 0 Å². The van der Waals surface area contributed by atoms with E-state index in [1.165, 1.54) is 11.1 Å². The number of nitrogens with zero attached hydrogens (tertiary/aromatic N) is 2. The van der Waals surface area contributed by atoms with Gasteiger partial charge in [0.25, 0.3) is 0 Å². The summed E-state index contributed by atoms with van der Waals surface area (Å²) in [5.41, 5.74) is 2.65. The molecule has 2 aromatic carbocycles. The van der Waals surface area contributed by atoms with E-state index in [1.54, 1.807) is 0 Å². The van der Waals surface area contributed by atoms with Crippen molar-refractivity contribution in [3.05, 3.63) is 71.8 Å². The molecule has 0 bridgehead atoms. The van der Waals surface area contributed by atoms with Gasteiger partial charge in [-0.3, -0.25) is 9.98 Å². The Balaban J connectivity index is 0.000000173. The lowest BCUT2D eigenvalue weighted by molar-refractivity contribution is 0.953. The molecule has 4 rings (SSSR count). The highest BCUT2D eigenvalue weighted by molar-refractivity contribution is 5.86. The highest BCUT2D eigenvalue weighted by Gasteiger charge is 2.05. The van der Waals surface area contributed by atoms with Gasteiger partial charge in [-0.1, -0.05) is 60.7 Å². The molecule has 5 heteroatoms. The molecule has 4 nitrogen and oxygen atoms in total. The molecule has 132 valence electrons. The first-order valence-electron chi connectivity index (χ1n) is 8.52. The van der Waals surface area contributed by atoms with Gasteiger partial charge in [-0.05, 0) is 11.1 Å². The molecule has 0 aliphatic carbocycles. The van der Waals surface area contributed by atoms with Crippen molar-refractivity contribution in [2.24, 2.45) is 9.98 Å². The molecule has 0 saturated heterocycles. The van der Waals surface area contributed by atoms with E-state index in [0.29, 0.717) is 0 Å². The molecule has 0 unspecified atom stereocenters. The number of rotatable bonds is 4. The fraction of sp³-hybridized carbons (Fsp3) is 0.300. The van der Waals surface area contributed by atoms with Gasteiger partial charge in [-0.2, -0.15) is 0 Å². The Morgan fingerprint density at radius 1 is 0.640 bits per heavy atom. The molecule has 0 radical (unpaired) electrons. The Kier molecular flexibility index (Phi) is 7.99. The van der Waals surface area contributed by atoms with Crippen LogP contribution in [0.15, 0.2) is 70.6 Å². The maximum absolute atomic E-state index is 4.34. The van der Waals surface area contributed by atoms with E-state index < -0.39 is 0 Å². The summed E-state index contributed by atoms with van der Waals surface area (Å²) < 4.78 is 0. The Hall–Kier alpha value is -2.33. The summed E-state index contributed by atoms with van der Waals surface area (Å²) in [6.45, 7) is 3.87. The maximum Gasteiger partial charge on any atom is 0.101 e. The topological polar surface area (TPSA) is 48.8 Å². The summed E-state index contributed by atoms with van der Waals surface area (Å²) in [5.74, 6) is 2.25. The molecule has 0 saturated carbocycles. The SMILES string of the molecule is Cl.c1ccc(CC2=NCCN2)cc1.c1ccc(CC2=NCCN2)cc1. The van der Waals surface area contributed by atoms with Gasteiger partial charge in [0.2, 0.25) is 0 Å². The van der Waals surface area contributed by atoms with Crippen LogP contribution in [0.5, 0.6) is 0 Å². The Morgan fingerprint density at radius 3 is 1.36 bits per heavy atom. The van der Waals surface area contributed by atoms with Crippen LogP contribution in [0.2, 0.25) is 0 Å². The van der Waals surface area contributed by atoms with E-state index in [1.807, 2.05) is 12.1 Å². The normalized spacial score (nSPS) is 14.9. The van der Waals surface area contributed by atoms with Crippen molar-refractivity contribution in [1.82, 2.24) is 10.6 Å². The molecule has 2 heterocycles. The Labute approximate surface area is 155 Å². The van der Waals surface area contributed by atoms with Gasteiger partial charge >= 0.3 is 0 Å². The number of hydrogen-bond acceptors (Lipinski definition) is 4. The quantitative estimate of drug-likeness (QED) is 0.885. The maximum atomic E-state index is 4.34. The summed E-state index contributed by atoms with van der Waals surface area (Å²) in [7, 11) is 0. The minimum absolute atomic E-state index is 0. The molecule has 0 spiro atoms. The van der Waals surface area contributed by atoms with Crippen molar-refractivity contribution in [1.29, 1.82) is 0 Å². The summed E-state index contributed by atoms with van der Waals surface area (Å²) in [4.78, 5) is 8.67. The van der Waals surface area contributed by atoms with Gasteiger partial charge in [0.05, 0.1) is 13.1 Å². The van der Waals surface area contributed by atoms with Gasteiger partial charge in [0, 0.05) is 25.9 Å². The lowest BCUT2D eigenvalue weighted by Crippen LogP contribution is -2.20. The van der Waals surface area contributed by atoms with Crippen molar-refractivity contribution in [3.8, 4) is 0 Å². The standard InChI is InChI=1S/2C10H12N2.ClH/c2*1-2-4-9(5-3-1)8-10-11-6-7-12-10;/h2*1-5H,6-8H2,(H,11,12);1H. The molecule has 0 aromatic heterocycles. The summed E-state index contributed by atoms with van der Waals surface area (Å²) in [6.07, 6.45) is 1.89. The summed E-state index contributed by atoms with van der Waals surface area (Å²) >= 11 is 0. The third-order valence-corrected chi connectivity index (χ3v) is 3.92. The van der Waals surface area contributed by atoms with E-state index in [4.69, 9.17) is 0 Å². The minimum atomic E-state index is 0. The van der Waals surface area contributed by atoms with Crippen LogP contribution in [0.1, 0.15) is 11.1 Å². The van der Waals surface area contributed by atoms with Gasteiger partial charge in [-0.25, -0.2) is 0 Å². The zero-order valence-corrected chi connectivity index (χ0v) is 15.1. The molecule has 0 atom stereocenters. The van der Waals surface area contributed by atoms with E-state index >= 15 is 0 Å². The Morgan fingerprint density at radius 2 is 1.04 bits per heavy atom. The predicted octanol–water partition coefficient (Wildman–Crippen LogP) is 2.88. The average Bonchev–Trinajstić information content (AvgIpc) is 3.32. The Bertz CT molecular complexity index is 622. The van der Waals surface area contributed by atoms with Crippen molar-refractivity contribution >= 4 is 24.1 Å². The van der Waals surface area contributed by atoms with Crippen molar-refractivity contribution < 1.29 is 0 Å². The van der Waals surface area contributed by atoms with Crippen LogP contribution in [0.25, 0.3) is 0 Å². The number of aliphatic imine (C=N–C) groups is 2. The van der Waals surface area contributed by atoms with E-state index in [-0.39, 0.29) is 12.4 Å². The van der Waals surface area contributed by atoms with Crippen LogP contribution < -0.4 is 10.6 Å². The van der Waals surface area contributed by atoms with Crippen molar-refractivity contribution in [2.75, 3.05) is 26.2 Å². The molecule has 25 heavy (non-hydrogen) atoms. The monoisotopic (exact) mass is 356 g/mol. The first-order valence-corrected chi connectivity index (χ1v) is 8.52. The number of nitrogens with one attached hydrogen (secondary N) is 2. The second-order valence-electron chi connectivity index (χ2n) is 5.84. The highest BCUT2D eigenvalue weighted by Crippen LogP contribution is 2.02. The lowest BCUT2D eigenvalue weighted by atomic mass is 10.1. The number of hydrogen-bond donors (Lipinski definition) is 2. The molecule has 0 fully saturated rings. The van der Waals surface area contributed by atoms with E-state index in [0.717, 1.165) is 50.7 Å². The highest BCUT2D eigenvalue weighted by atomic mass is 35.5. The van der Waals surface area contributed by atoms with Gasteiger partial charge in [-0.15, -0.1) is 12.4 Å². The van der Waals surface area contributed by atoms with Crippen LogP contribution in [0.4, 0.5) is 0 Å². The minimum Gasteiger partial charge on any atom is -0.372 e. The first kappa shape index (κ1) is 19.0. The van der Waals surface area contributed by atoms with Gasteiger partial charge < -0.3 is 10.6 Å². The number of halogens is 1. The first-order chi connectivity index (χ1) is 11.9. The summed E-state index contributed by atoms with van der Waals surface area (Å²) in [5, 5.41) is 6.51. The second kappa shape index (κ2) is 10.5. The van der Waals surface area contributed by atoms with Crippen molar-refractivity contribution in [3.63, 3.8) is 0 Å². The van der Waals surface area contributed by atoms with Crippen LogP contribution in [0, 0.1) is 0 Å². The molecule has 2 aliphatic heterocycles. The van der Waals surface area contributed by atoms with E-state index in [2.05, 4.69) is 69.1 Å². The number of benzene rings is 2. The third kappa shape index (κ3) is 6.59. The third-order valence-electron chi connectivity index (χ3n) is 3.92. The predicted molar refractivity (Wildman–Crippen MR) is 108 cm³/mol. The van der Waals surface area contributed by atoms with Crippen LogP contribution >= 0.6 is 12.4 Å². The zero-order chi connectivity index (χ0) is 16.5. The lowest BCUT2D eigenvalue weighted by Gasteiger charge is -2.00. The van der Waals surface area contributed by atoms with Gasteiger partial charge in [0.15, 0.2) is 0 Å². The smallest absolute Gasteiger partial charge is 0.101 e. The van der Waals surface area contributed by atoms with Crippen LogP contribution in [-0.2, 0) is 12.8 Å². The van der Waals surface area contributed by atoms with Crippen LogP contribution in [-0.4, -0.2) is 37.9 Å². The molecule has 2 aliphatic rings. The van der Waals surface area contributed by atoms with Gasteiger partial charge in [0.1, 0.15) is 11.7 Å². The second-order valence-corrected chi connectivity index (χ2v) is 5.84. The molecule has 0 amide bonds. The zero-order valence-electron chi connectivity index (χ0n) is 14.3.